The van der Waals surface area contributed by atoms with E-state index in [0.717, 1.165) is 25.1 Å². The molecule has 0 aliphatic carbocycles. The molecule has 0 heterocycles. The normalized spacial score (nSPS) is 11.2. The summed E-state index contributed by atoms with van der Waals surface area (Å²) in [6.07, 6.45) is 2.10. The largest absolute Gasteiger partial charge is 0.465 e. The number of carbonyl (C=O) groups is 1. The maximum atomic E-state index is 11.8. The van der Waals surface area contributed by atoms with Gasteiger partial charge in [0.15, 0.2) is 0 Å². The topological polar surface area (TPSA) is 55.6 Å². The number of carbonyl (C=O) groups excluding carboxylic acids is 1. The maximum Gasteiger partial charge on any atom is 0.339 e. The lowest BCUT2D eigenvalue weighted by Gasteiger charge is -2.26. The van der Waals surface area contributed by atoms with E-state index in [9.17, 15) is 4.79 Å². The number of esters is 1. The molecule has 0 saturated carbocycles. The van der Waals surface area contributed by atoms with Gasteiger partial charge in [-0.25, -0.2) is 4.79 Å². The minimum absolute atomic E-state index is 0.169. The second-order valence-electron chi connectivity index (χ2n) is 5.90. The Morgan fingerprint density at radius 3 is 2.60 bits per heavy atom. The summed E-state index contributed by atoms with van der Waals surface area (Å²) >= 11 is 0. The van der Waals surface area contributed by atoms with E-state index in [0.29, 0.717) is 12.1 Å². The van der Waals surface area contributed by atoms with Crippen LogP contribution >= 0.6 is 0 Å². The smallest absolute Gasteiger partial charge is 0.339 e. The fourth-order valence-corrected chi connectivity index (χ4v) is 2.11. The lowest BCUT2D eigenvalue weighted by atomic mass is 9.88. The second kappa shape index (κ2) is 7.29. The van der Waals surface area contributed by atoms with Crippen LogP contribution in [0.2, 0.25) is 0 Å². The summed E-state index contributed by atoms with van der Waals surface area (Å²) in [4.78, 5) is 13.8. The molecule has 112 valence electrons. The van der Waals surface area contributed by atoms with Crippen molar-refractivity contribution in [2.75, 3.05) is 32.1 Å². The first-order valence-electron chi connectivity index (χ1n) is 7.00. The van der Waals surface area contributed by atoms with Gasteiger partial charge in [-0.2, -0.15) is 0 Å². The zero-order chi connectivity index (χ0) is 15.2. The van der Waals surface area contributed by atoms with Crippen molar-refractivity contribution in [3.63, 3.8) is 0 Å². The van der Waals surface area contributed by atoms with Crippen LogP contribution in [0, 0.1) is 5.41 Å². The fraction of sp³-hybridized carbons (Fsp3) is 0.562. The predicted molar refractivity (Wildman–Crippen MR) is 83.1 cm³/mol. The highest BCUT2D eigenvalue weighted by molar-refractivity contribution is 5.95. The Bertz CT molecular complexity index is 444. The molecule has 1 rings (SSSR count). The molecule has 4 heteroatoms. The third kappa shape index (κ3) is 4.53. The summed E-state index contributed by atoms with van der Waals surface area (Å²) in [6.45, 7) is 5.93. The van der Waals surface area contributed by atoms with E-state index < -0.39 is 0 Å². The van der Waals surface area contributed by atoms with Gasteiger partial charge in [-0.15, -0.1) is 0 Å². The van der Waals surface area contributed by atoms with Crippen molar-refractivity contribution in [1.82, 2.24) is 0 Å². The van der Waals surface area contributed by atoms with Crippen LogP contribution in [-0.4, -0.2) is 33.2 Å². The standard InChI is InChI=1S/C16H26N2O2/c1-16(2,12-17)10-7-11-18(3)14-9-6-5-8-13(14)15(19)20-4/h5-6,8-9H,7,10-12,17H2,1-4H3. The summed E-state index contributed by atoms with van der Waals surface area (Å²) in [5.74, 6) is -0.297. The number of ether oxygens (including phenoxy) is 1. The first-order valence-corrected chi connectivity index (χ1v) is 7.00. The van der Waals surface area contributed by atoms with Crippen molar-refractivity contribution in [2.45, 2.75) is 26.7 Å². The van der Waals surface area contributed by atoms with Crippen molar-refractivity contribution in [1.29, 1.82) is 0 Å². The van der Waals surface area contributed by atoms with Gasteiger partial charge in [0.25, 0.3) is 0 Å². The Labute approximate surface area is 121 Å². The van der Waals surface area contributed by atoms with Crippen molar-refractivity contribution < 1.29 is 9.53 Å². The molecule has 1 aromatic rings. The Hall–Kier alpha value is -1.55. The van der Waals surface area contributed by atoms with Crippen LogP contribution in [0.4, 0.5) is 5.69 Å². The Morgan fingerprint density at radius 2 is 2.00 bits per heavy atom. The SMILES string of the molecule is COC(=O)c1ccccc1N(C)CCCC(C)(C)CN. The quantitative estimate of drug-likeness (QED) is 0.779. The summed E-state index contributed by atoms with van der Waals surface area (Å²) in [7, 11) is 3.40. The van der Waals surface area contributed by atoms with Crippen LogP contribution in [0.15, 0.2) is 24.3 Å². The van der Waals surface area contributed by atoms with Crippen LogP contribution in [0.25, 0.3) is 0 Å². The molecule has 0 unspecified atom stereocenters. The maximum absolute atomic E-state index is 11.8. The zero-order valence-electron chi connectivity index (χ0n) is 13.0. The summed E-state index contributed by atoms with van der Waals surface area (Å²) < 4.78 is 4.82. The molecular formula is C16H26N2O2. The van der Waals surface area contributed by atoms with E-state index in [4.69, 9.17) is 10.5 Å². The van der Waals surface area contributed by atoms with Gasteiger partial charge in [-0.1, -0.05) is 26.0 Å². The van der Waals surface area contributed by atoms with Crippen molar-refractivity contribution in [3.8, 4) is 0 Å². The first-order chi connectivity index (χ1) is 9.41. The second-order valence-corrected chi connectivity index (χ2v) is 5.90. The summed E-state index contributed by atoms with van der Waals surface area (Å²) in [5.41, 5.74) is 7.43. The molecule has 0 aliphatic rings. The molecule has 0 amide bonds. The molecule has 2 N–H and O–H groups in total. The molecule has 0 fully saturated rings. The van der Waals surface area contributed by atoms with Gasteiger partial charge in [0.2, 0.25) is 0 Å². The third-order valence-corrected chi connectivity index (χ3v) is 3.62. The number of methoxy groups -OCH3 is 1. The van der Waals surface area contributed by atoms with E-state index in [1.54, 1.807) is 6.07 Å². The number of hydrogen-bond donors (Lipinski definition) is 1. The van der Waals surface area contributed by atoms with Gasteiger partial charge in [-0.05, 0) is 36.9 Å². The van der Waals surface area contributed by atoms with Crippen LogP contribution in [0.1, 0.15) is 37.0 Å². The number of para-hydroxylation sites is 1. The predicted octanol–water partition coefficient (Wildman–Crippen LogP) is 2.67. The Balaban J connectivity index is 2.68. The van der Waals surface area contributed by atoms with Gasteiger partial charge in [0.05, 0.1) is 18.4 Å². The molecule has 0 saturated heterocycles. The summed E-state index contributed by atoms with van der Waals surface area (Å²) in [5, 5.41) is 0. The molecule has 20 heavy (non-hydrogen) atoms. The zero-order valence-corrected chi connectivity index (χ0v) is 13.0. The molecule has 0 bridgehead atoms. The average molecular weight is 278 g/mol. The number of nitrogens with two attached hydrogens (primary N) is 1. The van der Waals surface area contributed by atoms with Gasteiger partial charge < -0.3 is 15.4 Å². The van der Waals surface area contributed by atoms with Gasteiger partial charge in [0, 0.05) is 13.6 Å². The molecule has 0 aliphatic heterocycles. The third-order valence-electron chi connectivity index (χ3n) is 3.62. The Morgan fingerprint density at radius 1 is 1.35 bits per heavy atom. The highest BCUT2D eigenvalue weighted by atomic mass is 16.5. The molecule has 4 nitrogen and oxygen atoms in total. The van der Waals surface area contributed by atoms with Gasteiger partial charge >= 0.3 is 5.97 Å². The fourth-order valence-electron chi connectivity index (χ4n) is 2.11. The van der Waals surface area contributed by atoms with E-state index in [1.165, 1.54) is 7.11 Å². The molecule has 0 radical (unpaired) electrons. The molecular weight excluding hydrogens is 252 g/mol. The molecule has 0 aromatic heterocycles. The van der Waals surface area contributed by atoms with Crippen LogP contribution in [0.3, 0.4) is 0 Å². The van der Waals surface area contributed by atoms with E-state index in [1.807, 2.05) is 25.2 Å². The summed E-state index contributed by atoms with van der Waals surface area (Å²) in [6, 6.07) is 7.52. The van der Waals surface area contributed by atoms with Gasteiger partial charge in [0.1, 0.15) is 0 Å². The number of anilines is 1. The van der Waals surface area contributed by atoms with Crippen molar-refractivity contribution in [2.24, 2.45) is 11.1 Å². The van der Waals surface area contributed by atoms with Crippen LogP contribution < -0.4 is 10.6 Å². The first kappa shape index (κ1) is 16.5. The number of nitrogens with zero attached hydrogens (tertiary/aromatic N) is 1. The van der Waals surface area contributed by atoms with Crippen molar-refractivity contribution >= 4 is 11.7 Å². The number of rotatable bonds is 7. The highest BCUT2D eigenvalue weighted by Gasteiger charge is 2.17. The Kier molecular flexibility index (Phi) is 6.02. The molecule has 1 aromatic carbocycles. The van der Waals surface area contributed by atoms with Crippen molar-refractivity contribution in [3.05, 3.63) is 29.8 Å². The minimum atomic E-state index is -0.297. The van der Waals surface area contributed by atoms with Crippen LogP contribution in [0.5, 0.6) is 0 Å². The average Bonchev–Trinajstić information content (AvgIpc) is 2.46. The molecule has 0 atom stereocenters. The van der Waals surface area contributed by atoms with E-state index in [-0.39, 0.29) is 11.4 Å². The minimum Gasteiger partial charge on any atom is -0.465 e. The molecule has 0 spiro atoms. The lowest BCUT2D eigenvalue weighted by Crippen LogP contribution is -2.26. The monoisotopic (exact) mass is 278 g/mol. The van der Waals surface area contributed by atoms with E-state index >= 15 is 0 Å². The number of hydrogen-bond acceptors (Lipinski definition) is 4. The van der Waals surface area contributed by atoms with E-state index in [2.05, 4.69) is 18.7 Å². The van der Waals surface area contributed by atoms with Gasteiger partial charge in [-0.3, -0.25) is 0 Å². The number of benzene rings is 1. The lowest BCUT2D eigenvalue weighted by molar-refractivity contribution is 0.0601. The van der Waals surface area contributed by atoms with Crippen LogP contribution in [-0.2, 0) is 4.74 Å². The highest BCUT2D eigenvalue weighted by Crippen LogP contribution is 2.23.